The van der Waals surface area contributed by atoms with Crippen molar-refractivity contribution in [3.05, 3.63) is 12.2 Å². The summed E-state index contributed by atoms with van der Waals surface area (Å²) in [6, 6.07) is 0. The molecule has 0 atom stereocenters. The molecule has 1 N–H and O–H groups in total. The van der Waals surface area contributed by atoms with Crippen LogP contribution >= 0.6 is 0 Å². The van der Waals surface area contributed by atoms with Gasteiger partial charge >= 0.3 is 0 Å². The molecular weight excluding hydrogens is 230 g/mol. The Morgan fingerprint density at radius 1 is 0.421 bits per heavy atom. The van der Waals surface area contributed by atoms with Crippen LogP contribution in [0.1, 0.15) is 89.9 Å². The molecule has 0 aliphatic carbocycles. The van der Waals surface area contributed by atoms with E-state index in [1.165, 1.54) is 103 Å². The van der Waals surface area contributed by atoms with E-state index in [1.54, 1.807) is 0 Å². The molecule has 0 aromatic rings. The number of hydrogen-bond donors (Lipinski definition) is 1. The van der Waals surface area contributed by atoms with Gasteiger partial charge in [0.1, 0.15) is 0 Å². The zero-order chi connectivity index (χ0) is 13.4. The van der Waals surface area contributed by atoms with E-state index in [4.69, 9.17) is 0 Å². The molecule has 0 saturated heterocycles. The summed E-state index contributed by atoms with van der Waals surface area (Å²) < 4.78 is 0. The molecule has 0 saturated carbocycles. The van der Waals surface area contributed by atoms with Crippen molar-refractivity contribution in [1.29, 1.82) is 0 Å². The van der Waals surface area contributed by atoms with E-state index in [2.05, 4.69) is 17.5 Å². The quantitative estimate of drug-likeness (QED) is 0.562. The normalized spacial score (nSPS) is 23.2. The van der Waals surface area contributed by atoms with Crippen molar-refractivity contribution in [2.75, 3.05) is 13.1 Å². The molecule has 19 heavy (non-hydrogen) atoms. The van der Waals surface area contributed by atoms with E-state index in [1.807, 2.05) is 0 Å². The maximum absolute atomic E-state index is 3.58. The lowest BCUT2D eigenvalue weighted by atomic mass is 10.1. The summed E-state index contributed by atoms with van der Waals surface area (Å²) in [5, 5.41) is 3.58. The molecule has 0 fully saturated rings. The lowest BCUT2D eigenvalue weighted by Crippen LogP contribution is -2.16. The summed E-state index contributed by atoms with van der Waals surface area (Å²) in [5.41, 5.74) is 0. The molecule has 112 valence electrons. The van der Waals surface area contributed by atoms with Crippen LogP contribution in [0.3, 0.4) is 0 Å². The molecule has 1 heterocycles. The molecule has 0 amide bonds. The van der Waals surface area contributed by atoms with Crippen LogP contribution in [0.2, 0.25) is 0 Å². The van der Waals surface area contributed by atoms with Crippen LogP contribution in [-0.4, -0.2) is 13.1 Å². The van der Waals surface area contributed by atoms with Crippen LogP contribution in [0.4, 0.5) is 0 Å². The highest BCUT2D eigenvalue weighted by Gasteiger charge is 1.94. The van der Waals surface area contributed by atoms with Crippen LogP contribution in [-0.2, 0) is 0 Å². The Kier molecular flexibility index (Phi) is 12.4. The van der Waals surface area contributed by atoms with Crippen molar-refractivity contribution >= 4 is 0 Å². The Balaban J connectivity index is 2.06. The van der Waals surface area contributed by atoms with E-state index >= 15 is 0 Å². The van der Waals surface area contributed by atoms with Gasteiger partial charge < -0.3 is 5.32 Å². The summed E-state index contributed by atoms with van der Waals surface area (Å²) in [6.45, 7) is 2.46. The molecule has 1 nitrogen and oxygen atoms in total. The predicted molar refractivity (Wildman–Crippen MR) is 86.6 cm³/mol. The first kappa shape index (κ1) is 16.8. The summed E-state index contributed by atoms with van der Waals surface area (Å²) in [6.07, 6.45) is 24.5. The molecular formula is C18H35N. The standard InChI is InChI=1S/C18H35N/c1-2-4-6-8-10-12-14-16-18-19-17-15-13-11-9-7-5-3-1/h5,7,19H,1-4,6,8-18H2. The average molecular weight is 265 g/mol. The third-order valence-electron chi connectivity index (χ3n) is 4.12. The fourth-order valence-electron chi connectivity index (χ4n) is 2.80. The maximum atomic E-state index is 3.58. The Hall–Kier alpha value is -0.300. The van der Waals surface area contributed by atoms with Crippen molar-refractivity contribution in [2.24, 2.45) is 0 Å². The number of nitrogens with one attached hydrogen (secondary N) is 1. The number of rotatable bonds is 0. The van der Waals surface area contributed by atoms with Crippen molar-refractivity contribution in [1.82, 2.24) is 5.32 Å². The van der Waals surface area contributed by atoms with Crippen LogP contribution in [0.25, 0.3) is 0 Å². The smallest absolute Gasteiger partial charge is 0.00489 e. The Labute approximate surface area is 121 Å². The molecule has 0 aromatic carbocycles. The van der Waals surface area contributed by atoms with Crippen molar-refractivity contribution in [3.63, 3.8) is 0 Å². The summed E-state index contributed by atoms with van der Waals surface area (Å²) >= 11 is 0. The highest BCUT2D eigenvalue weighted by Crippen LogP contribution is 2.11. The Morgan fingerprint density at radius 2 is 0.789 bits per heavy atom. The van der Waals surface area contributed by atoms with Crippen molar-refractivity contribution in [3.8, 4) is 0 Å². The summed E-state index contributed by atoms with van der Waals surface area (Å²) in [7, 11) is 0. The number of allylic oxidation sites excluding steroid dienone is 2. The van der Waals surface area contributed by atoms with Crippen LogP contribution < -0.4 is 5.32 Å². The molecule has 0 aromatic heterocycles. The van der Waals surface area contributed by atoms with Gasteiger partial charge in [-0.1, -0.05) is 63.5 Å². The largest absolute Gasteiger partial charge is 0.317 e. The first-order valence-corrected chi connectivity index (χ1v) is 8.86. The molecule has 0 radical (unpaired) electrons. The third-order valence-corrected chi connectivity index (χ3v) is 4.12. The molecule has 0 bridgehead atoms. The summed E-state index contributed by atoms with van der Waals surface area (Å²) in [5.74, 6) is 0. The van der Waals surface area contributed by atoms with Gasteiger partial charge in [-0.05, 0) is 51.6 Å². The first-order valence-electron chi connectivity index (χ1n) is 8.86. The Morgan fingerprint density at radius 3 is 1.32 bits per heavy atom. The maximum Gasteiger partial charge on any atom is -0.00489 e. The third kappa shape index (κ3) is 12.5. The highest BCUT2D eigenvalue weighted by atomic mass is 14.8. The fraction of sp³-hybridized carbons (Fsp3) is 0.889. The van der Waals surface area contributed by atoms with Gasteiger partial charge in [-0.15, -0.1) is 0 Å². The number of hydrogen-bond acceptors (Lipinski definition) is 1. The second-order valence-electron chi connectivity index (χ2n) is 6.04. The van der Waals surface area contributed by atoms with Gasteiger partial charge in [-0.3, -0.25) is 0 Å². The SMILES string of the molecule is C1=CCCCCCNCCCCCCCCCCC1. The lowest BCUT2D eigenvalue weighted by molar-refractivity contribution is 0.539. The minimum absolute atomic E-state index is 1.23. The second kappa shape index (κ2) is 14.1. The monoisotopic (exact) mass is 265 g/mol. The van der Waals surface area contributed by atoms with Gasteiger partial charge in [0.15, 0.2) is 0 Å². The van der Waals surface area contributed by atoms with E-state index in [9.17, 15) is 0 Å². The summed E-state index contributed by atoms with van der Waals surface area (Å²) in [4.78, 5) is 0. The average Bonchev–Trinajstić information content (AvgIpc) is 2.43. The molecule has 1 aliphatic heterocycles. The minimum Gasteiger partial charge on any atom is -0.317 e. The molecule has 0 spiro atoms. The van der Waals surface area contributed by atoms with Gasteiger partial charge in [0.05, 0.1) is 0 Å². The highest BCUT2D eigenvalue weighted by molar-refractivity contribution is 4.81. The Bertz CT molecular complexity index is 178. The second-order valence-corrected chi connectivity index (χ2v) is 6.04. The van der Waals surface area contributed by atoms with Crippen LogP contribution in [0.5, 0.6) is 0 Å². The van der Waals surface area contributed by atoms with E-state index in [0.717, 1.165) is 0 Å². The molecule has 0 unspecified atom stereocenters. The molecule has 1 heteroatoms. The van der Waals surface area contributed by atoms with E-state index in [0.29, 0.717) is 0 Å². The van der Waals surface area contributed by atoms with E-state index in [-0.39, 0.29) is 0 Å². The van der Waals surface area contributed by atoms with Crippen LogP contribution in [0.15, 0.2) is 12.2 Å². The predicted octanol–water partition coefficient (Wildman–Crippen LogP) is 5.61. The van der Waals surface area contributed by atoms with Crippen molar-refractivity contribution in [2.45, 2.75) is 89.9 Å². The van der Waals surface area contributed by atoms with Gasteiger partial charge in [-0.2, -0.15) is 0 Å². The molecule has 1 rings (SSSR count). The van der Waals surface area contributed by atoms with Gasteiger partial charge in [0, 0.05) is 0 Å². The minimum atomic E-state index is 1.23. The zero-order valence-corrected chi connectivity index (χ0v) is 13.0. The lowest BCUT2D eigenvalue weighted by Gasteiger charge is -2.04. The zero-order valence-electron chi connectivity index (χ0n) is 13.0. The van der Waals surface area contributed by atoms with Crippen LogP contribution in [0, 0.1) is 0 Å². The van der Waals surface area contributed by atoms with Gasteiger partial charge in [0.25, 0.3) is 0 Å². The van der Waals surface area contributed by atoms with Gasteiger partial charge in [0.2, 0.25) is 0 Å². The first-order chi connectivity index (χ1) is 9.50. The molecule has 1 aliphatic rings. The van der Waals surface area contributed by atoms with Gasteiger partial charge in [-0.25, -0.2) is 0 Å². The fourth-order valence-corrected chi connectivity index (χ4v) is 2.80. The van der Waals surface area contributed by atoms with E-state index < -0.39 is 0 Å². The topological polar surface area (TPSA) is 12.0 Å². The van der Waals surface area contributed by atoms with Crippen molar-refractivity contribution < 1.29 is 0 Å².